The Bertz CT molecular complexity index is 492. The molecule has 0 spiro atoms. The van der Waals surface area contributed by atoms with Gasteiger partial charge in [0.05, 0.1) is 5.56 Å². The number of carbonyl (C=O) groups excluding carboxylic acids is 1. The highest BCUT2D eigenvalue weighted by Gasteiger charge is 2.14. The average Bonchev–Trinajstić information content (AvgIpc) is 2.28. The fraction of sp³-hybridized carbons (Fsp3) is 0.429. The summed E-state index contributed by atoms with van der Waals surface area (Å²) >= 11 is 3.16. The van der Waals surface area contributed by atoms with Crippen LogP contribution < -0.4 is 5.32 Å². The first-order valence-electron chi connectivity index (χ1n) is 6.02. The third-order valence-electron chi connectivity index (χ3n) is 2.58. The van der Waals surface area contributed by atoms with Crippen molar-refractivity contribution in [3.05, 3.63) is 28.2 Å². The molecule has 0 saturated carbocycles. The number of benzene rings is 1. The summed E-state index contributed by atoms with van der Waals surface area (Å²) in [5, 5.41) is 11.7. The van der Waals surface area contributed by atoms with Crippen molar-refractivity contribution in [3.63, 3.8) is 0 Å². The molecular weight excluding hydrogens is 310 g/mol. The number of carboxylic acids is 1. The van der Waals surface area contributed by atoms with Gasteiger partial charge in [0.15, 0.2) is 0 Å². The second kappa shape index (κ2) is 6.19. The fourth-order valence-electron chi connectivity index (χ4n) is 1.48. The van der Waals surface area contributed by atoms with E-state index in [1.54, 1.807) is 12.1 Å². The van der Waals surface area contributed by atoms with E-state index in [0.29, 0.717) is 16.6 Å². The molecule has 4 nitrogen and oxygen atoms in total. The number of rotatable bonds is 4. The topological polar surface area (TPSA) is 66.4 Å². The Kier molecular flexibility index (Phi) is 5.11. The molecule has 0 atom stereocenters. The molecular formula is C14H18BrNO3. The van der Waals surface area contributed by atoms with E-state index in [-0.39, 0.29) is 16.9 Å². The van der Waals surface area contributed by atoms with E-state index in [1.807, 2.05) is 0 Å². The van der Waals surface area contributed by atoms with Gasteiger partial charge in [0.2, 0.25) is 5.91 Å². The van der Waals surface area contributed by atoms with Gasteiger partial charge >= 0.3 is 5.97 Å². The number of amides is 1. The molecule has 1 amide bonds. The zero-order chi connectivity index (χ0) is 14.6. The quantitative estimate of drug-likeness (QED) is 0.880. The van der Waals surface area contributed by atoms with Gasteiger partial charge in [0.25, 0.3) is 0 Å². The van der Waals surface area contributed by atoms with Crippen molar-refractivity contribution in [1.29, 1.82) is 0 Å². The number of carboxylic acid groups (broad SMARTS) is 1. The molecule has 0 heterocycles. The Morgan fingerprint density at radius 3 is 2.47 bits per heavy atom. The van der Waals surface area contributed by atoms with Crippen LogP contribution in [0.25, 0.3) is 0 Å². The molecule has 0 aliphatic heterocycles. The molecule has 1 aromatic carbocycles. The lowest BCUT2D eigenvalue weighted by Gasteiger charge is -2.17. The first kappa shape index (κ1) is 15.7. The summed E-state index contributed by atoms with van der Waals surface area (Å²) in [5.41, 5.74) is 0.733. The molecule has 0 bridgehead atoms. The van der Waals surface area contributed by atoms with Crippen LogP contribution in [-0.4, -0.2) is 17.0 Å². The van der Waals surface area contributed by atoms with E-state index >= 15 is 0 Å². The number of anilines is 1. The van der Waals surface area contributed by atoms with Crippen LogP contribution in [0.5, 0.6) is 0 Å². The molecule has 5 heteroatoms. The third-order valence-corrected chi connectivity index (χ3v) is 3.27. The molecule has 0 aliphatic carbocycles. The molecule has 0 unspecified atom stereocenters. The lowest BCUT2D eigenvalue weighted by Crippen LogP contribution is -2.15. The van der Waals surface area contributed by atoms with Crippen molar-refractivity contribution in [2.24, 2.45) is 5.41 Å². The van der Waals surface area contributed by atoms with Crippen molar-refractivity contribution in [2.75, 3.05) is 5.32 Å². The monoisotopic (exact) mass is 327 g/mol. The number of nitrogens with one attached hydrogen (secondary N) is 1. The van der Waals surface area contributed by atoms with Crippen LogP contribution in [0.2, 0.25) is 0 Å². The second-order valence-corrected chi connectivity index (χ2v) is 6.46. The second-order valence-electron chi connectivity index (χ2n) is 5.61. The van der Waals surface area contributed by atoms with Gasteiger partial charge in [-0.2, -0.15) is 0 Å². The Labute approximate surface area is 121 Å². The summed E-state index contributed by atoms with van der Waals surface area (Å²) in [6.45, 7) is 6.22. The maximum Gasteiger partial charge on any atom is 0.336 e. The van der Waals surface area contributed by atoms with E-state index in [1.165, 1.54) is 6.07 Å². The Morgan fingerprint density at radius 2 is 1.95 bits per heavy atom. The van der Waals surface area contributed by atoms with Crippen LogP contribution in [0.1, 0.15) is 44.0 Å². The van der Waals surface area contributed by atoms with Crippen LogP contribution in [0, 0.1) is 5.41 Å². The van der Waals surface area contributed by atoms with Gasteiger partial charge in [0, 0.05) is 16.6 Å². The number of hydrogen-bond donors (Lipinski definition) is 2. The molecule has 0 aliphatic rings. The number of aromatic carboxylic acids is 1. The molecule has 19 heavy (non-hydrogen) atoms. The smallest absolute Gasteiger partial charge is 0.336 e. The molecule has 104 valence electrons. The lowest BCUT2D eigenvalue weighted by atomic mass is 9.90. The predicted octanol–water partition coefficient (Wildman–Crippen LogP) is 3.91. The normalized spacial score (nSPS) is 11.2. The van der Waals surface area contributed by atoms with Crippen LogP contribution in [0.3, 0.4) is 0 Å². The van der Waals surface area contributed by atoms with Crippen LogP contribution in [0.4, 0.5) is 5.69 Å². The molecule has 1 aromatic rings. The van der Waals surface area contributed by atoms with Crippen LogP contribution in [-0.2, 0) is 4.79 Å². The Balaban J connectivity index is 2.70. The van der Waals surface area contributed by atoms with Gasteiger partial charge < -0.3 is 10.4 Å². The van der Waals surface area contributed by atoms with Crippen molar-refractivity contribution >= 4 is 33.5 Å². The number of halogens is 1. The maximum atomic E-state index is 11.8. The highest BCUT2D eigenvalue weighted by atomic mass is 79.9. The summed E-state index contributed by atoms with van der Waals surface area (Å²) in [7, 11) is 0. The predicted molar refractivity (Wildman–Crippen MR) is 78.4 cm³/mol. The number of carbonyl (C=O) groups is 2. The summed E-state index contributed by atoms with van der Waals surface area (Å²) in [4.78, 5) is 22.7. The SMILES string of the molecule is CC(C)(C)CCC(=O)Nc1ccc(Br)c(C(=O)O)c1. The van der Waals surface area contributed by atoms with Gasteiger partial charge in [-0.05, 0) is 46.0 Å². The highest BCUT2D eigenvalue weighted by molar-refractivity contribution is 9.10. The number of hydrogen-bond acceptors (Lipinski definition) is 2. The first-order valence-corrected chi connectivity index (χ1v) is 6.81. The van der Waals surface area contributed by atoms with Crippen molar-refractivity contribution in [3.8, 4) is 0 Å². The molecule has 0 aromatic heterocycles. The van der Waals surface area contributed by atoms with Crippen LogP contribution >= 0.6 is 15.9 Å². The summed E-state index contributed by atoms with van der Waals surface area (Å²) < 4.78 is 0.493. The minimum Gasteiger partial charge on any atom is -0.478 e. The largest absolute Gasteiger partial charge is 0.478 e. The van der Waals surface area contributed by atoms with E-state index in [2.05, 4.69) is 42.0 Å². The molecule has 0 radical (unpaired) electrons. The summed E-state index contributed by atoms with van der Waals surface area (Å²) in [6.07, 6.45) is 1.20. The Morgan fingerprint density at radius 1 is 1.32 bits per heavy atom. The fourth-order valence-corrected chi connectivity index (χ4v) is 1.90. The Hall–Kier alpha value is -1.36. The summed E-state index contributed by atoms with van der Waals surface area (Å²) in [6, 6.07) is 4.73. The van der Waals surface area contributed by atoms with Gasteiger partial charge in [-0.25, -0.2) is 4.79 Å². The minimum absolute atomic E-state index is 0.100. The zero-order valence-electron chi connectivity index (χ0n) is 11.3. The van der Waals surface area contributed by atoms with E-state index in [4.69, 9.17) is 5.11 Å². The van der Waals surface area contributed by atoms with Gasteiger partial charge in [0.1, 0.15) is 0 Å². The molecule has 2 N–H and O–H groups in total. The molecule has 0 saturated heterocycles. The molecule has 0 fully saturated rings. The van der Waals surface area contributed by atoms with Crippen molar-refractivity contribution < 1.29 is 14.7 Å². The van der Waals surface area contributed by atoms with Crippen molar-refractivity contribution in [2.45, 2.75) is 33.6 Å². The van der Waals surface area contributed by atoms with E-state index < -0.39 is 5.97 Å². The zero-order valence-corrected chi connectivity index (χ0v) is 12.9. The highest BCUT2D eigenvalue weighted by Crippen LogP contribution is 2.23. The van der Waals surface area contributed by atoms with E-state index in [9.17, 15) is 9.59 Å². The standard InChI is InChI=1S/C14H18BrNO3/c1-14(2,3)7-6-12(17)16-9-4-5-11(15)10(8-9)13(18)19/h4-5,8H,6-7H2,1-3H3,(H,16,17)(H,18,19). The first-order chi connectivity index (χ1) is 8.69. The molecule has 1 rings (SSSR count). The van der Waals surface area contributed by atoms with Gasteiger partial charge in [-0.15, -0.1) is 0 Å². The van der Waals surface area contributed by atoms with Gasteiger partial charge in [-0.3, -0.25) is 4.79 Å². The lowest BCUT2D eigenvalue weighted by molar-refractivity contribution is -0.116. The third kappa shape index (κ3) is 5.42. The minimum atomic E-state index is -1.03. The maximum absolute atomic E-state index is 11.8. The average molecular weight is 328 g/mol. The van der Waals surface area contributed by atoms with Crippen molar-refractivity contribution in [1.82, 2.24) is 0 Å². The van der Waals surface area contributed by atoms with Gasteiger partial charge in [-0.1, -0.05) is 20.8 Å². The van der Waals surface area contributed by atoms with Crippen LogP contribution in [0.15, 0.2) is 22.7 Å². The summed E-state index contributed by atoms with van der Waals surface area (Å²) in [5.74, 6) is -1.13. The van der Waals surface area contributed by atoms with E-state index in [0.717, 1.165) is 6.42 Å².